The largest absolute Gasteiger partial charge is 0.314 e. The fourth-order valence-corrected chi connectivity index (χ4v) is 2.55. The summed E-state index contributed by atoms with van der Waals surface area (Å²) in [6.45, 7) is 15.7. The van der Waals surface area contributed by atoms with Crippen molar-refractivity contribution in [1.29, 1.82) is 0 Å². The zero-order valence-corrected chi connectivity index (χ0v) is 14.5. The predicted octanol–water partition coefficient (Wildman–Crippen LogP) is 2.92. The van der Waals surface area contributed by atoms with E-state index in [0.29, 0.717) is 6.04 Å². The molecule has 0 bridgehead atoms. The van der Waals surface area contributed by atoms with Crippen LogP contribution in [-0.4, -0.2) is 56.1 Å². The minimum atomic E-state index is 0.549. The predicted molar refractivity (Wildman–Crippen MR) is 92.9 cm³/mol. The van der Waals surface area contributed by atoms with Gasteiger partial charge in [0.25, 0.3) is 0 Å². The first kappa shape index (κ1) is 18.1. The van der Waals surface area contributed by atoms with Gasteiger partial charge in [-0.05, 0) is 45.1 Å². The Morgan fingerprint density at radius 3 is 2.19 bits per heavy atom. The number of nitrogens with one attached hydrogen (secondary N) is 1. The van der Waals surface area contributed by atoms with E-state index in [1.54, 1.807) is 0 Å². The van der Waals surface area contributed by atoms with Crippen LogP contribution in [-0.2, 0) is 0 Å². The van der Waals surface area contributed by atoms with Gasteiger partial charge in [0.05, 0.1) is 0 Å². The van der Waals surface area contributed by atoms with Gasteiger partial charge in [0.2, 0.25) is 0 Å². The van der Waals surface area contributed by atoms with Crippen molar-refractivity contribution < 1.29 is 0 Å². The lowest BCUT2D eigenvalue weighted by atomic mass is 10.0. The molecule has 2 rings (SSSR count). The number of piperazine rings is 1. The molecule has 1 atom stereocenters. The van der Waals surface area contributed by atoms with Crippen LogP contribution in [0.5, 0.6) is 0 Å². The first-order valence-corrected chi connectivity index (χ1v) is 8.29. The van der Waals surface area contributed by atoms with Gasteiger partial charge >= 0.3 is 0 Å². The molecule has 0 saturated carbocycles. The van der Waals surface area contributed by atoms with Gasteiger partial charge in [0.1, 0.15) is 0 Å². The van der Waals surface area contributed by atoms with Gasteiger partial charge in [-0.2, -0.15) is 0 Å². The highest BCUT2D eigenvalue weighted by atomic mass is 15.2. The van der Waals surface area contributed by atoms with E-state index in [2.05, 4.69) is 74.1 Å². The van der Waals surface area contributed by atoms with Crippen molar-refractivity contribution in [2.75, 3.05) is 46.3 Å². The number of hydrogen-bond donors (Lipinski definition) is 1. The normalized spacial score (nSPS) is 17.2. The average molecular weight is 291 g/mol. The molecule has 0 radical (unpaired) electrons. The van der Waals surface area contributed by atoms with Gasteiger partial charge in [0.15, 0.2) is 0 Å². The van der Waals surface area contributed by atoms with Crippen molar-refractivity contribution >= 4 is 0 Å². The van der Waals surface area contributed by atoms with Crippen molar-refractivity contribution in [2.45, 2.75) is 33.7 Å². The van der Waals surface area contributed by atoms with Gasteiger partial charge in [-0.1, -0.05) is 38.1 Å². The van der Waals surface area contributed by atoms with E-state index in [1.165, 1.54) is 11.1 Å². The third kappa shape index (κ3) is 6.16. The molecule has 1 aromatic rings. The Hall–Kier alpha value is -0.900. The van der Waals surface area contributed by atoms with Crippen molar-refractivity contribution in [3.05, 3.63) is 35.4 Å². The number of benzene rings is 1. The summed E-state index contributed by atoms with van der Waals surface area (Å²) < 4.78 is 0. The molecule has 3 nitrogen and oxygen atoms in total. The summed E-state index contributed by atoms with van der Waals surface area (Å²) in [4.78, 5) is 4.80. The van der Waals surface area contributed by atoms with Crippen molar-refractivity contribution in [3.63, 3.8) is 0 Å². The molecule has 1 N–H and O–H groups in total. The van der Waals surface area contributed by atoms with Crippen molar-refractivity contribution in [2.24, 2.45) is 0 Å². The second kappa shape index (κ2) is 9.93. The van der Waals surface area contributed by atoms with Crippen LogP contribution in [0.1, 0.15) is 37.9 Å². The monoisotopic (exact) mass is 291 g/mol. The Morgan fingerprint density at radius 2 is 1.71 bits per heavy atom. The molecular formula is C18H33N3. The fourth-order valence-electron chi connectivity index (χ4n) is 2.55. The van der Waals surface area contributed by atoms with Gasteiger partial charge in [0, 0.05) is 32.2 Å². The molecule has 1 saturated heterocycles. The molecule has 120 valence electrons. The summed E-state index contributed by atoms with van der Waals surface area (Å²) in [6, 6.07) is 9.26. The lowest BCUT2D eigenvalue weighted by molar-refractivity contribution is 0.185. The van der Waals surface area contributed by atoms with Gasteiger partial charge in [-0.15, -0.1) is 0 Å². The van der Waals surface area contributed by atoms with Crippen molar-refractivity contribution in [1.82, 2.24) is 15.1 Å². The molecular weight excluding hydrogens is 258 g/mol. The molecule has 1 fully saturated rings. The van der Waals surface area contributed by atoms with E-state index in [-0.39, 0.29) is 0 Å². The van der Waals surface area contributed by atoms with E-state index in [1.807, 2.05) is 0 Å². The maximum atomic E-state index is 3.39. The smallest absolute Gasteiger partial charge is 0.0323 e. The van der Waals surface area contributed by atoms with E-state index >= 15 is 0 Å². The van der Waals surface area contributed by atoms with Crippen LogP contribution in [0.3, 0.4) is 0 Å². The third-order valence-corrected chi connectivity index (χ3v) is 4.42. The summed E-state index contributed by atoms with van der Waals surface area (Å²) in [5.74, 6) is 0. The first-order chi connectivity index (χ1) is 10.1. The van der Waals surface area contributed by atoms with E-state index < -0.39 is 0 Å². The Bertz CT molecular complexity index is 382. The van der Waals surface area contributed by atoms with Crippen molar-refractivity contribution in [3.8, 4) is 0 Å². The minimum absolute atomic E-state index is 0.549. The molecule has 1 heterocycles. The maximum Gasteiger partial charge on any atom is 0.0323 e. The molecule has 0 spiro atoms. The second-order valence-electron chi connectivity index (χ2n) is 5.81. The Labute approximate surface area is 131 Å². The summed E-state index contributed by atoms with van der Waals surface area (Å²) in [5.41, 5.74) is 2.88. The zero-order chi connectivity index (χ0) is 15.7. The molecule has 0 aliphatic carbocycles. The average Bonchev–Trinajstić information content (AvgIpc) is 2.55. The Morgan fingerprint density at radius 1 is 1.14 bits per heavy atom. The summed E-state index contributed by atoms with van der Waals surface area (Å²) in [5, 5.41) is 3.39. The van der Waals surface area contributed by atoms with Crippen LogP contribution in [0.25, 0.3) is 0 Å². The second-order valence-corrected chi connectivity index (χ2v) is 5.81. The van der Waals surface area contributed by atoms with Gasteiger partial charge in [-0.25, -0.2) is 0 Å². The van der Waals surface area contributed by atoms with Crippen LogP contribution in [0, 0.1) is 6.92 Å². The number of hydrogen-bond acceptors (Lipinski definition) is 3. The summed E-state index contributed by atoms with van der Waals surface area (Å²) in [6.07, 6.45) is 0. The van der Waals surface area contributed by atoms with Crippen LogP contribution in [0.2, 0.25) is 0 Å². The highest BCUT2D eigenvalue weighted by Crippen LogP contribution is 2.23. The number of nitrogens with zero attached hydrogens (tertiary/aromatic N) is 2. The van der Waals surface area contributed by atoms with Gasteiger partial charge in [-0.3, -0.25) is 4.90 Å². The highest BCUT2D eigenvalue weighted by Gasteiger charge is 2.18. The molecule has 1 aliphatic rings. The maximum absolute atomic E-state index is 3.39. The fraction of sp³-hybridized carbons (Fsp3) is 0.667. The Kier molecular flexibility index (Phi) is 8.58. The number of rotatable bonds is 4. The highest BCUT2D eigenvalue weighted by molar-refractivity contribution is 5.28. The third-order valence-electron chi connectivity index (χ3n) is 4.42. The summed E-state index contributed by atoms with van der Waals surface area (Å²) in [7, 11) is 2.11. The van der Waals surface area contributed by atoms with E-state index in [0.717, 1.165) is 39.3 Å². The van der Waals surface area contributed by atoms with Crippen LogP contribution in [0.15, 0.2) is 24.3 Å². The van der Waals surface area contributed by atoms with Gasteiger partial charge < -0.3 is 10.2 Å². The molecule has 1 unspecified atom stereocenters. The lowest BCUT2D eigenvalue weighted by Gasteiger charge is -2.33. The molecule has 3 heteroatoms. The molecule has 21 heavy (non-hydrogen) atoms. The number of aryl methyl sites for hydroxylation is 1. The minimum Gasteiger partial charge on any atom is -0.314 e. The molecule has 1 aromatic carbocycles. The lowest BCUT2D eigenvalue weighted by Crippen LogP contribution is -2.44. The van der Waals surface area contributed by atoms with E-state index in [9.17, 15) is 0 Å². The Balaban J connectivity index is 0.000000315. The quantitative estimate of drug-likeness (QED) is 0.920. The zero-order valence-electron chi connectivity index (χ0n) is 14.5. The van der Waals surface area contributed by atoms with Crippen LogP contribution in [0.4, 0.5) is 0 Å². The molecule has 1 aliphatic heterocycles. The van der Waals surface area contributed by atoms with Crippen LogP contribution < -0.4 is 5.32 Å². The SMILES string of the molecule is CCN(C)CC.Cc1ccccc1C(C)N1CCNCC1. The molecule has 0 aromatic heterocycles. The van der Waals surface area contributed by atoms with E-state index in [4.69, 9.17) is 0 Å². The standard InChI is InChI=1S/C13H20N2.C5H13N/c1-11-5-3-4-6-13(11)12(2)15-9-7-14-8-10-15;1-4-6(3)5-2/h3-6,12,14H,7-10H2,1-2H3;4-5H2,1-3H3. The topological polar surface area (TPSA) is 18.5 Å². The first-order valence-electron chi connectivity index (χ1n) is 8.29. The summed E-state index contributed by atoms with van der Waals surface area (Å²) >= 11 is 0. The van der Waals surface area contributed by atoms with Crippen LogP contribution >= 0.6 is 0 Å². The molecule has 0 amide bonds.